The number of carboxylic acid groups (broad SMARTS) is 1. The van der Waals surface area contributed by atoms with Gasteiger partial charge in [0.1, 0.15) is 18.1 Å². The van der Waals surface area contributed by atoms with Crippen molar-refractivity contribution < 1.29 is 44.2 Å². The van der Waals surface area contributed by atoms with E-state index in [2.05, 4.69) is 37.3 Å². The molecule has 0 aliphatic heterocycles. The van der Waals surface area contributed by atoms with Crippen molar-refractivity contribution >= 4 is 5.97 Å². The van der Waals surface area contributed by atoms with Gasteiger partial charge >= 0.3 is 29.6 Å². The van der Waals surface area contributed by atoms with Crippen molar-refractivity contribution in [1.82, 2.24) is 9.78 Å². The number of hydrogen-bond donors (Lipinski definition) is 0. The predicted octanol–water partition coefficient (Wildman–Crippen LogP) is 2.57. The van der Waals surface area contributed by atoms with Crippen LogP contribution in [0.15, 0.2) is 109 Å². The zero-order chi connectivity index (χ0) is 24.9. The summed E-state index contributed by atoms with van der Waals surface area (Å²) in [4.78, 5) is 10.9. The molecule has 0 amide bonds. The largest absolute Gasteiger partial charge is 1.00 e. The number of carboxylic acids is 1. The Morgan fingerprint density at radius 1 is 0.811 bits per heavy atom. The second-order valence-corrected chi connectivity index (χ2v) is 8.37. The van der Waals surface area contributed by atoms with E-state index >= 15 is 0 Å². The second-order valence-electron chi connectivity index (χ2n) is 8.37. The van der Waals surface area contributed by atoms with Crippen molar-refractivity contribution in [3.63, 3.8) is 0 Å². The van der Waals surface area contributed by atoms with E-state index in [1.165, 1.54) is 0 Å². The van der Waals surface area contributed by atoms with E-state index in [4.69, 9.17) is 9.84 Å². The predicted molar refractivity (Wildman–Crippen MR) is 140 cm³/mol. The molecule has 5 rings (SSSR count). The van der Waals surface area contributed by atoms with Crippen molar-refractivity contribution in [3.8, 4) is 44.9 Å². The normalized spacial score (nSPS) is 10.5. The first-order valence-corrected chi connectivity index (χ1v) is 11.9. The second kappa shape index (κ2) is 12.1. The van der Waals surface area contributed by atoms with Crippen molar-refractivity contribution in [2.45, 2.75) is 13.3 Å². The molecule has 0 N–H and O–H groups in total. The van der Waals surface area contributed by atoms with Gasteiger partial charge in [-0.2, -0.15) is 5.10 Å². The molecule has 0 aliphatic rings. The maximum absolute atomic E-state index is 10.9. The van der Waals surface area contributed by atoms with Crippen LogP contribution in [0.1, 0.15) is 12.6 Å². The third-order valence-electron chi connectivity index (χ3n) is 6.06. The van der Waals surface area contributed by atoms with Crippen LogP contribution in [0.25, 0.3) is 39.2 Å². The topological polar surface area (TPSA) is 67.2 Å². The number of aromatic nitrogens is 2. The molecule has 37 heavy (non-hydrogen) atoms. The summed E-state index contributed by atoms with van der Waals surface area (Å²) in [5, 5.41) is 16.0. The summed E-state index contributed by atoms with van der Waals surface area (Å²) in [5.74, 6) is -0.788. The number of benzene rings is 4. The Hall–Kier alpha value is -3.64. The zero-order valence-electron chi connectivity index (χ0n) is 20.9. The molecule has 5 aromatic rings. The van der Waals surface area contributed by atoms with Crippen LogP contribution in [-0.4, -0.2) is 22.4 Å². The third kappa shape index (κ3) is 5.70. The minimum absolute atomic E-state index is 0. The average Bonchev–Trinajstić information content (AvgIpc) is 3.32. The van der Waals surface area contributed by atoms with Gasteiger partial charge in [0.15, 0.2) is 0 Å². The number of aliphatic carboxylic acids is 1. The fraction of sp³-hybridized carbons (Fsp3) is 0.0968. The van der Waals surface area contributed by atoms with Gasteiger partial charge in [0.05, 0.1) is 17.4 Å². The van der Waals surface area contributed by atoms with E-state index in [0.717, 1.165) is 51.3 Å². The molecule has 178 valence electrons. The van der Waals surface area contributed by atoms with Crippen LogP contribution in [0.4, 0.5) is 0 Å². The van der Waals surface area contributed by atoms with Crippen molar-refractivity contribution in [2.24, 2.45) is 0 Å². The number of nitrogens with zero attached hydrogens (tertiary/aromatic N) is 2. The summed E-state index contributed by atoms with van der Waals surface area (Å²) in [6, 6.07) is 36.1. The van der Waals surface area contributed by atoms with Gasteiger partial charge in [0, 0.05) is 16.7 Å². The molecular weight excluding hydrogens is 471 g/mol. The van der Waals surface area contributed by atoms with Crippen LogP contribution in [-0.2, 0) is 11.2 Å². The molecule has 0 radical (unpaired) electrons. The van der Waals surface area contributed by atoms with Crippen molar-refractivity contribution in [1.29, 1.82) is 0 Å². The molecule has 1 heterocycles. The van der Waals surface area contributed by atoms with Crippen LogP contribution in [0.3, 0.4) is 0 Å². The van der Waals surface area contributed by atoms with Gasteiger partial charge in [-0.05, 0) is 35.7 Å². The minimum atomic E-state index is -1.26. The maximum atomic E-state index is 10.9. The summed E-state index contributed by atoms with van der Waals surface area (Å²) in [6.45, 7) is 1.65. The van der Waals surface area contributed by atoms with Crippen LogP contribution < -0.4 is 39.4 Å². The van der Waals surface area contributed by atoms with Gasteiger partial charge < -0.3 is 14.6 Å². The van der Waals surface area contributed by atoms with E-state index in [9.17, 15) is 9.90 Å². The standard InChI is InChI=1S/C31H26N2O3.Na/c1-2-27-30(22-12-5-3-6-13-22)31(23-14-7-4-8-15-23)32-33(27)28-19-10-9-18-26(28)24-16-11-17-25(20-24)36-21-29(34)35;/h3-20H,2,21H2,1H3,(H,34,35);/q;+1/p-1. The van der Waals surface area contributed by atoms with Gasteiger partial charge in [0.25, 0.3) is 0 Å². The SMILES string of the molecule is CCc1c(-c2ccccc2)c(-c2ccccc2)nn1-c1ccccc1-c1cccc(OCC(=O)[O-])c1.[Na+]. The molecule has 5 nitrogen and oxygen atoms in total. The molecule has 4 aromatic carbocycles. The Bertz CT molecular complexity index is 1500. The first-order valence-electron chi connectivity index (χ1n) is 11.9. The van der Waals surface area contributed by atoms with E-state index < -0.39 is 12.6 Å². The molecule has 0 unspecified atom stereocenters. The fourth-order valence-electron chi connectivity index (χ4n) is 4.48. The number of carbonyl (C=O) groups excluding carboxylic acids is 1. The Labute approximate surface area is 238 Å². The minimum Gasteiger partial charge on any atom is -0.546 e. The van der Waals surface area contributed by atoms with Crippen LogP contribution in [0.2, 0.25) is 0 Å². The average molecular weight is 497 g/mol. The number of carbonyl (C=O) groups is 1. The molecule has 1 aromatic heterocycles. The molecule has 0 saturated heterocycles. The summed E-state index contributed by atoms with van der Waals surface area (Å²) < 4.78 is 7.41. The third-order valence-corrected chi connectivity index (χ3v) is 6.06. The van der Waals surface area contributed by atoms with Gasteiger partial charge in [-0.25, -0.2) is 4.68 Å². The summed E-state index contributed by atoms with van der Waals surface area (Å²) >= 11 is 0. The smallest absolute Gasteiger partial charge is 0.546 e. The van der Waals surface area contributed by atoms with Gasteiger partial charge in [-0.3, -0.25) is 0 Å². The first kappa shape index (κ1) is 26.4. The first-order chi connectivity index (χ1) is 17.7. The number of hydrogen-bond acceptors (Lipinski definition) is 4. The molecular formula is C31H25N2NaO3. The zero-order valence-corrected chi connectivity index (χ0v) is 22.9. The van der Waals surface area contributed by atoms with Crippen LogP contribution in [0, 0.1) is 0 Å². The fourth-order valence-corrected chi connectivity index (χ4v) is 4.48. The van der Waals surface area contributed by atoms with E-state index in [0.29, 0.717) is 5.75 Å². The quantitative estimate of drug-likeness (QED) is 0.310. The number of ether oxygens (including phenoxy) is 1. The Balaban J connectivity index is 0.00000320. The van der Waals surface area contributed by atoms with Gasteiger partial charge in [0.2, 0.25) is 0 Å². The molecule has 0 fully saturated rings. The van der Waals surface area contributed by atoms with Crippen LogP contribution >= 0.6 is 0 Å². The molecule has 0 saturated carbocycles. The number of para-hydroxylation sites is 1. The van der Waals surface area contributed by atoms with E-state index in [1.54, 1.807) is 6.07 Å². The van der Waals surface area contributed by atoms with E-state index in [-0.39, 0.29) is 29.6 Å². The van der Waals surface area contributed by atoms with E-state index in [1.807, 2.05) is 77.5 Å². The Morgan fingerprint density at radius 3 is 2.11 bits per heavy atom. The molecule has 0 bridgehead atoms. The summed E-state index contributed by atoms with van der Waals surface area (Å²) in [6.07, 6.45) is 0.785. The summed E-state index contributed by atoms with van der Waals surface area (Å²) in [7, 11) is 0. The summed E-state index contributed by atoms with van der Waals surface area (Å²) in [5.41, 5.74) is 8.14. The molecule has 0 spiro atoms. The monoisotopic (exact) mass is 496 g/mol. The molecule has 6 heteroatoms. The molecule has 0 atom stereocenters. The molecule has 0 aliphatic carbocycles. The van der Waals surface area contributed by atoms with Crippen LogP contribution in [0.5, 0.6) is 5.75 Å². The number of rotatable bonds is 8. The maximum Gasteiger partial charge on any atom is 1.00 e. The Kier molecular flexibility index (Phi) is 8.62. The van der Waals surface area contributed by atoms with Gasteiger partial charge in [-0.15, -0.1) is 0 Å². The Morgan fingerprint density at radius 2 is 1.43 bits per heavy atom. The van der Waals surface area contributed by atoms with Crippen molar-refractivity contribution in [2.75, 3.05) is 6.61 Å². The van der Waals surface area contributed by atoms with Gasteiger partial charge in [-0.1, -0.05) is 97.9 Å². The van der Waals surface area contributed by atoms with Crippen molar-refractivity contribution in [3.05, 3.63) is 115 Å².